The third-order valence-corrected chi connectivity index (χ3v) is 4.08. The Morgan fingerprint density at radius 3 is 2.78 bits per heavy atom. The first kappa shape index (κ1) is 15.2. The van der Waals surface area contributed by atoms with Crippen molar-refractivity contribution in [2.24, 2.45) is 0 Å². The van der Waals surface area contributed by atoms with Gasteiger partial charge >= 0.3 is 0 Å². The van der Waals surface area contributed by atoms with E-state index in [1.165, 1.54) is 0 Å². The minimum absolute atomic E-state index is 0.00115. The maximum atomic E-state index is 12.5. The summed E-state index contributed by atoms with van der Waals surface area (Å²) < 4.78 is 0. The largest absolute Gasteiger partial charge is 0.341 e. The second kappa shape index (κ2) is 6.60. The van der Waals surface area contributed by atoms with Crippen molar-refractivity contribution in [1.82, 2.24) is 9.88 Å². The topological polar surface area (TPSA) is 62.3 Å². The molecule has 1 aromatic heterocycles. The van der Waals surface area contributed by atoms with E-state index in [-0.39, 0.29) is 11.8 Å². The fraction of sp³-hybridized carbons (Fsp3) is 0.278. The van der Waals surface area contributed by atoms with Crippen LogP contribution in [0, 0.1) is 0 Å². The van der Waals surface area contributed by atoms with Gasteiger partial charge in [-0.05, 0) is 54.3 Å². The van der Waals surface area contributed by atoms with E-state index >= 15 is 0 Å². The number of aryl methyl sites for hydroxylation is 1. The number of pyridine rings is 1. The molecule has 23 heavy (non-hydrogen) atoms. The zero-order valence-electron chi connectivity index (χ0n) is 13.1. The number of anilines is 1. The van der Waals surface area contributed by atoms with Crippen LogP contribution in [-0.2, 0) is 17.6 Å². The average Bonchev–Trinajstić information content (AvgIpc) is 2.59. The summed E-state index contributed by atoms with van der Waals surface area (Å²) in [5.74, 6) is 0.0322. The molecule has 1 aliphatic heterocycles. The van der Waals surface area contributed by atoms with Gasteiger partial charge in [0.05, 0.1) is 0 Å². The summed E-state index contributed by atoms with van der Waals surface area (Å²) in [6.45, 7) is 0.649. The van der Waals surface area contributed by atoms with Crippen molar-refractivity contribution in [3.8, 4) is 0 Å². The molecular weight excluding hydrogens is 290 g/mol. The van der Waals surface area contributed by atoms with Crippen LogP contribution in [0.25, 0.3) is 0 Å². The smallest absolute Gasteiger partial charge is 0.253 e. The van der Waals surface area contributed by atoms with Crippen LogP contribution in [-0.4, -0.2) is 35.3 Å². The van der Waals surface area contributed by atoms with E-state index in [9.17, 15) is 9.59 Å². The molecule has 2 heterocycles. The van der Waals surface area contributed by atoms with Crippen molar-refractivity contribution in [1.29, 1.82) is 0 Å². The number of rotatable bonds is 4. The fourth-order valence-corrected chi connectivity index (χ4v) is 2.68. The molecule has 5 nitrogen and oxygen atoms in total. The summed E-state index contributed by atoms with van der Waals surface area (Å²) in [5.41, 5.74) is 3.67. The van der Waals surface area contributed by atoms with Gasteiger partial charge in [0.2, 0.25) is 5.91 Å². The van der Waals surface area contributed by atoms with E-state index in [1.807, 2.05) is 31.3 Å². The highest BCUT2D eigenvalue weighted by atomic mass is 16.2. The summed E-state index contributed by atoms with van der Waals surface area (Å²) >= 11 is 0. The Kier molecular flexibility index (Phi) is 4.37. The number of amides is 2. The maximum absolute atomic E-state index is 12.5. The highest BCUT2D eigenvalue weighted by Gasteiger charge is 2.18. The number of benzene rings is 1. The number of hydrogen-bond acceptors (Lipinski definition) is 3. The van der Waals surface area contributed by atoms with Gasteiger partial charge in [0, 0.05) is 43.7 Å². The van der Waals surface area contributed by atoms with Crippen LogP contribution >= 0.6 is 0 Å². The van der Waals surface area contributed by atoms with E-state index in [2.05, 4.69) is 10.3 Å². The minimum atomic E-state index is -0.00115. The Bertz CT molecular complexity index is 728. The predicted molar refractivity (Wildman–Crippen MR) is 88.3 cm³/mol. The molecule has 2 aromatic rings. The number of nitrogens with zero attached hydrogens (tertiary/aromatic N) is 2. The van der Waals surface area contributed by atoms with E-state index in [1.54, 1.807) is 23.4 Å². The number of carbonyl (C=O) groups is 2. The third-order valence-electron chi connectivity index (χ3n) is 4.08. The number of carbonyl (C=O) groups excluding carboxylic acids is 2. The number of likely N-dealkylation sites (N-methyl/N-ethyl adjacent to an activating group) is 1. The van der Waals surface area contributed by atoms with Crippen molar-refractivity contribution in [2.75, 3.05) is 18.9 Å². The highest BCUT2D eigenvalue weighted by Crippen LogP contribution is 2.24. The zero-order valence-corrected chi connectivity index (χ0v) is 13.1. The molecule has 0 bridgehead atoms. The molecule has 1 aromatic carbocycles. The lowest BCUT2D eigenvalue weighted by Gasteiger charge is -2.20. The van der Waals surface area contributed by atoms with Gasteiger partial charge in [-0.25, -0.2) is 0 Å². The first-order valence-corrected chi connectivity index (χ1v) is 7.70. The Morgan fingerprint density at radius 1 is 1.22 bits per heavy atom. The molecule has 3 rings (SSSR count). The molecule has 1 aliphatic rings. The van der Waals surface area contributed by atoms with Gasteiger partial charge in [0.1, 0.15) is 0 Å². The Balaban J connectivity index is 1.66. The molecular formula is C18H19N3O2. The normalized spacial score (nSPS) is 13.2. The van der Waals surface area contributed by atoms with Crippen LogP contribution in [0.4, 0.5) is 5.69 Å². The standard InChI is InChI=1S/C18H19N3O2/c1-21(11-8-13-6-9-19-10-7-13)18(23)15-2-4-16-14(12-15)3-5-17(22)20-16/h2,4,6-7,9-10,12H,3,5,8,11H2,1H3,(H,20,22). The van der Waals surface area contributed by atoms with Gasteiger partial charge in [-0.3, -0.25) is 14.6 Å². The lowest BCUT2D eigenvalue weighted by Crippen LogP contribution is -2.29. The molecule has 0 unspecified atom stereocenters. The molecule has 1 N–H and O–H groups in total. The second-order valence-corrected chi connectivity index (χ2v) is 5.75. The van der Waals surface area contributed by atoms with Gasteiger partial charge in [-0.2, -0.15) is 0 Å². The fourth-order valence-electron chi connectivity index (χ4n) is 2.68. The minimum Gasteiger partial charge on any atom is -0.341 e. The van der Waals surface area contributed by atoms with Gasteiger partial charge < -0.3 is 10.2 Å². The third kappa shape index (κ3) is 3.56. The van der Waals surface area contributed by atoms with Crippen molar-refractivity contribution in [3.05, 3.63) is 59.4 Å². The Morgan fingerprint density at radius 2 is 2.00 bits per heavy atom. The van der Waals surface area contributed by atoms with Crippen LogP contribution < -0.4 is 5.32 Å². The number of fused-ring (bicyclic) bond motifs is 1. The first-order valence-electron chi connectivity index (χ1n) is 7.70. The Labute approximate surface area is 135 Å². The van der Waals surface area contributed by atoms with Gasteiger partial charge in [-0.15, -0.1) is 0 Å². The van der Waals surface area contributed by atoms with E-state index in [0.29, 0.717) is 24.9 Å². The average molecular weight is 309 g/mol. The van der Waals surface area contributed by atoms with Gasteiger partial charge in [0.15, 0.2) is 0 Å². The second-order valence-electron chi connectivity index (χ2n) is 5.75. The summed E-state index contributed by atoms with van der Waals surface area (Å²) in [5, 5.41) is 2.83. The summed E-state index contributed by atoms with van der Waals surface area (Å²) in [6, 6.07) is 9.39. The van der Waals surface area contributed by atoms with E-state index < -0.39 is 0 Å². The molecule has 0 fully saturated rings. The van der Waals surface area contributed by atoms with Crippen LogP contribution in [0.2, 0.25) is 0 Å². The Hall–Kier alpha value is -2.69. The zero-order chi connectivity index (χ0) is 16.2. The van der Waals surface area contributed by atoms with Crippen molar-refractivity contribution in [2.45, 2.75) is 19.3 Å². The SMILES string of the molecule is CN(CCc1ccncc1)C(=O)c1ccc2c(c1)CCC(=O)N2. The van der Waals surface area contributed by atoms with Crippen LogP contribution in [0.3, 0.4) is 0 Å². The molecule has 0 saturated carbocycles. The molecule has 0 spiro atoms. The lowest BCUT2D eigenvalue weighted by molar-refractivity contribution is -0.116. The van der Waals surface area contributed by atoms with Crippen molar-refractivity contribution < 1.29 is 9.59 Å². The lowest BCUT2D eigenvalue weighted by atomic mass is 10.00. The molecule has 0 aliphatic carbocycles. The molecule has 118 valence electrons. The highest BCUT2D eigenvalue weighted by molar-refractivity contribution is 5.97. The maximum Gasteiger partial charge on any atom is 0.253 e. The molecule has 0 saturated heterocycles. The molecule has 0 atom stereocenters. The van der Waals surface area contributed by atoms with Crippen molar-refractivity contribution in [3.63, 3.8) is 0 Å². The van der Waals surface area contributed by atoms with Crippen LogP contribution in [0.5, 0.6) is 0 Å². The number of aromatic nitrogens is 1. The monoisotopic (exact) mass is 309 g/mol. The summed E-state index contributed by atoms with van der Waals surface area (Å²) in [6.07, 6.45) is 5.47. The van der Waals surface area contributed by atoms with E-state index in [4.69, 9.17) is 0 Å². The van der Waals surface area contributed by atoms with Crippen molar-refractivity contribution >= 4 is 17.5 Å². The molecule has 0 radical (unpaired) electrons. The molecule has 2 amide bonds. The number of nitrogens with one attached hydrogen (secondary N) is 1. The van der Waals surface area contributed by atoms with Gasteiger partial charge in [0.25, 0.3) is 5.91 Å². The predicted octanol–water partition coefficient (Wildman–Crippen LogP) is 2.28. The van der Waals surface area contributed by atoms with Crippen LogP contribution in [0.1, 0.15) is 27.9 Å². The van der Waals surface area contributed by atoms with Crippen LogP contribution in [0.15, 0.2) is 42.7 Å². The summed E-state index contributed by atoms with van der Waals surface area (Å²) in [7, 11) is 1.81. The van der Waals surface area contributed by atoms with Gasteiger partial charge in [-0.1, -0.05) is 0 Å². The first-order chi connectivity index (χ1) is 11.1. The summed E-state index contributed by atoms with van der Waals surface area (Å²) in [4.78, 5) is 29.6. The van der Waals surface area contributed by atoms with E-state index in [0.717, 1.165) is 23.2 Å². The quantitative estimate of drug-likeness (QED) is 0.942. The molecule has 5 heteroatoms. The number of hydrogen-bond donors (Lipinski definition) is 1.